The van der Waals surface area contributed by atoms with Gasteiger partial charge in [-0.2, -0.15) is 0 Å². The van der Waals surface area contributed by atoms with Crippen molar-refractivity contribution < 1.29 is 13.5 Å². The summed E-state index contributed by atoms with van der Waals surface area (Å²) in [4.78, 5) is 4.25. The average molecular weight is 445 g/mol. The van der Waals surface area contributed by atoms with E-state index in [2.05, 4.69) is 27.9 Å². The highest BCUT2D eigenvalue weighted by Crippen LogP contribution is 2.45. The molecule has 0 aliphatic heterocycles. The maximum atomic E-state index is 14.6. The average Bonchev–Trinajstić information content (AvgIpc) is 3.53. The molecule has 0 atom stereocenters. The first-order chi connectivity index (χ1) is 15.5. The minimum atomic E-state index is -0.409. The number of nitrogens with one attached hydrogen (secondary N) is 3. The van der Waals surface area contributed by atoms with Crippen LogP contribution in [-0.2, 0) is 4.74 Å². The van der Waals surface area contributed by atoms with Crippen LogP contribution in [0.2, 0.25) is 0 Å². The number of halogens is 2. The highest BCUT2D eigenvalue weighted by molar-refractivity contribution is 5.71. The molecule has 0 bridgehead atoms. The molecule has 0 radical (unpaired) electrons. The van der Waals surface area contributed by atoms with Gasteiger partial charge in [0.2, 0.25) is 0 Å². The maximum Gasteiger partial charge on any atom is 0.149 e. The molecule has 32 heavy (non-hydrogen) atoms. The van der Waals surface area contributed by atoms with Crippen LogP contribution >= 0.6 is 0 Å². The second-order valence-corrected chi connectivity index (χ2v) is 9.55. The first-order valence-electron chi connectivity index (χ1n) is 11.6. The second-order valence-electron chi connectivity index (χ2n) is 9.55. The molecule has 174 valence electrons. The minimum absolute atomic E-state index is 0.250. The van der Waals surface area contributed by atoms with Crippen molar-refractivity contribution in [2.24, 2.45) is 5.41 Å². The molecule has 0 saturated heterocycles. The molecule has 0 amide bonds. The number of hydrogen-bond acceptors (Lipinski definition) is 5. The third-order valence-corrected chi connectivity index (χ3v) is 6.76. The lowest BCUT2D eigenvalue weighted by atomic mass is 9.91. The van der Waals surface area contributed by atoms with Crippen LogP contribution < -0.4 is 16.0 Å². The third kappa shape index (κ3) is 5.95. The van der Waals surface area contributed by atoms with E-state index in [-0.39, 0.29) is 11.2 Å². The number of anilines is 2. The predicted molar refractivity (Wildman–Crippen MR) is 125 cm³/mol. The number of rotatable bonds is 10. The van der Waals surface area contributed by atoms with Crippen molar-refractivity contribution in [1.29, 1.82) is 0 Å². The molecule has 2 aromatic rings. The minimum Gasteiger partial charge on any atom is -0.383 e. The topological polar surface area (TPSA) is 58.2 Å². The van der Waals surface area contributed by atoms with Gasteiger partial charge in [0.05, 0.1) is 18.5 Å². The SMILES string of the molecule is COCCN[C@H]1CC[C@H](Nc2cc(-c3ccc(F)c(NCC4(C)CC4)c3)c(F)cn2)CC1. The van der Waals surface area contributed by atoms with E-state index in [1.807, 2.05) is 0 Å². The zero-order chi connectivity index (χ0) is 22.6. The van der Waals surface area contributed by atoms with Gasteiger partial charge in [0, 0.05) is 37.8 Å². The van der Waals surface area contributed by atoms with Gasteiger partial charge in [-0.15, -0.1) is 0 Å². The standard InChI is InChI=1S/C25H34F2N4O/c1-25(9-10-25)16-30-23-13-17(3-8-21(23)26)20-14-24(29-15-22(20)27)31-19-6-4-18(5-7-19)28-11-12-32-2/h3,8,13-15,18-19,28,30H,4-7,9-12,16H2,1-2H3,(H,29,31)/t18-,19-. The molecule has 3 N–H and O–H groups in total. The molecule has 1 aromatic carbocycles. The Labute approximate surface area is 189 Å². The Hall–Kier alpha value is -2.25. The number of ether oxygens (including phenoxy) is 1. The first-order valence-corrected chi connectivity index (χ1v) is 11.6. The second kappa shape index (κ2) is 10.1. The molecule has 0 spiro atoms. The van der Waals surface area contributed by atoms with E-state index in [1.54, 1.807) is 25.3 Å². The number of nitrogens with zero attached hydrogens (tertiary/aromatic N) is 1. The summed E-state index contributed by atoms with van der Waals surface area (Å²) in [5.74, 6) is -0.0727. The van der Waals surface area contributed by atoms with E-state index >= 15 is 0 Å². The van der Waals surface area contributed by atoms with Crippen LogP contribution in [0.3, 0.4) is 0 Å². The summed E-state index contributed by atoms with van der Waals surface area (Å²) >= 11 is 0. The Morgan fingerprint density at radius 3 is 2.53 bits per heavy atom. The van der Waals surface area contributed by atoms with Crippen LogP contribution in [0, 0.1) is 17.0 Å². The summed E-state index contributed by atoms with van der Waals surface area (Å²) in [6, 6.07) is 7.28. The van der Waals surface area contributed by atoms with Crippen LogP contribution in [0.25, 0.3) is 11.1 Å². The number of benzene rings is 1. The van der Waals surface area contributed by atoms with Gasteiger partial charge in [0.1, 0.15) is 17.5 Å². The van der Waals surface area contributed by atoms with E-state index in [0.29, 0.717) is 34.7 Å². The van der Waals surface area contributed by atoms with Crippen molar-refractivity contribution in [2.75, 3.05) is 37.4 Å². The van der Waals surface area contributed by atoms with Gasteiger partial charge >= 0.3 is 0 Å². The first kappa shape index (κ1) is 22.9. The Bertz CT molecular complexity index is 911. The third-order valence-electron chi connectivity index (χ3n) is 6.76. The summed E-state index contributed by atoms with van der Waals surface area (Å²) in [6.45, 7) is 4.50. The molecule has 1 aromatic heterocycles. The van der Waals surface area contributed by atoms with Gasteiger partial charge in [0.25, 0.3) is 0 Å². The van der Waals surface area contributed by atoms with Crippen molar-refractivity contribution >= 4 is 11.5 Å². The lowest BCUT2D eigenvalue weighted by Gasteiger charge is -2.30. The van der Waals surface area contributed by atoms with Crippen molar-refractivity contribution in [3.05, 3.63) is 42.1 Å². The van der Waals surface area contributed by atoms with E-state index in [4.69, 9.17) is 4.74 Å². The van der Waals surface area contributed by atoms with Gasteiger partial charge in [-0.05, 0) is 67.7 Å². The Kier molecular flexibility index (Phi) is 7.26. The van der Waals surface area contributed by atoms with E-state index in [0.717, 1.165) is 58.2 Å². The molecule has 1 heterocycles. The molecule has 2 fully saturated rings. The molecule has 4 rings (SSSR count). The van der Waals surface area contributed by atoms with Crippen molar-refractivity contribution in [1.82, 2.24) is 10.3 Å². The summed E-state index contributed by atoms with van der Waals surface area (Å²) < 4.78 is 34.0. The Morgan fingerprint density at radius 2 is 1.81 bits per heavy atom. The molecule has 0 unspecified atom stereocenters. The Morgan fingerprint density at radius 1 is 1.06 bits per heavy atom. The van der Waals surface area contributed by atoms with Gasteiger partial charge in [0.15, 0.2) is 0 Å². The van der Waals surface area contributed by atoms with Crippen molar-refractivity contribution in [3.63, 3.8) is 0 Å². The van der Waals surface area contributed by atoms with Crippen LogP contribution in [0.4, 0.5) is 20.3 Å². The number of methoxy groups -OCH3 is 1. The molecule has 5 nitrogen and oxygen atoms in total. The van der Waals surface area contributed by atoms with E-state index in [1.165, 1.54) is 12.3 Å². The molecular formula is C25H34F2N4O. The fourth-order valence-electron chi connectivity index (χ4n) is 4.28. The van der Waals surface area contributed by atoms with Crippen LogP contribution in [0.5, 0.6) is 0 Å². The largest absolute Gasteiger partial charge is 0.383 e. The molecule has 2 saturated carbocycles. The quantitative estimate of drug-likeness (QED) is 0.440. The maximum absolute atomic E-state index is 14.6. The van der Waals surface area contributed by atoms with E-state index in [9.17, 15) is 8.78 Å². The smallest absolute Gasteiger partial charge is 0.149 e. The molecule has 7 heteroatoms. The predicted octanol–water partition coefficient (Wildman–Crippen LogP) is 5.20. The Balaban J connectivity index is 1.40. The zero-order valence-corrected chi connectivity index (χ0v) is 19.0. The van der Waals surface area contributed by atoms with Gasteiger partial charge < -0.3 is 20.7 Å². The van der Waals surface area contributed by atoms with Crippen LogP contribution in [0.1, 0.15) is 45.4 Å². The number of pyridine rings is 1. The molecular weight excluding hydrogens is 410 g/mol. The number of hydrogen-bond donors (Lipinski definition) is 3. The lowest BCUT2D eigenvalue weighted by Crippen LogP contribution is -2.38. The van der Waals surface area contributed by atoms with Gasteiger partial charge in [-0.3, -0.25) is 0 Å². The zero-order valence-electron chi connectivity index (χ0n) is 19.0. The monoisotopic (exact) mass is 444 g/mol. The molecule has 2 aliphatic rings. The summed E-state index contributed by atoms with van der Waals surface area (Å²) in [6.07, 6.45) is 7.78. The van der Waals surface area contributed by atoms with Crippen molar-refractivity contribution in [2.45, 2.75) is 57.5 Å². The highest BCUT2D eigenvalue weighted by atomic mass is 19.1. The molecule has 2 aliphatic carbocycles. The highest BCUT2D eigenvalue weighted by Gasteiger charge is 2.36. The van der Waals surface area contributed by atoms with Crippen LogP contribution in [-0.4, -0.2) is 43.9 Å². The fraction of sp³-hybridized carbons (Fsp3) is 0.560. The number of aromatic nitrogens is 1. The summed E-state index contributed by atoms with van der Waals surface area (Å²) in [5, 5.41) is 10.2. The summed E-state index contributed by atoms with van der Waals surface area (Å²) in [5.41, 5.74) is 1.74. The lowest BCUT2D eigenvalue weighted by molar-refractivity contribution is 0.191. The summed E-state index contributed by atoms with van der Waals surface area (Å²) in [7, 11) is 1.71. The normalized spacial score (nSPS) is 21.9. The van der Waals surface area contributed by atoms with Gasteiger partial charge in [-0.1, -0.05) is 13.0 Å². The van der Waals surface area contributed by atoms with Crippen molar-refractivity contribution in [3.8, 4) is 11.1 Å². The van der Waals surface area contributed by atoms with Crippen LogP contribution in [0.15, 0.2) is 30.5 Å². The van der Waals surface area contributed by atoms with Gasteiger partial charge in [-0.25, -0.2) is 13.8 Å². The van der Waals surface area contributed by atoms with E-state index < -0.39 is 5.82 Å². The fourth-order valence-corrected chi connectivity index (χ4v) is 4.28.